The second kappa shape index (κ2) is 7.78. The van der Waals surface area contributed by atoms with E-state index in [-0.39, 0.29) is 5.91 Å². The molecule has 0 radical (unpaired) electrons. The molecular formula is C16H24ClN3O. The third-order valence-corrected chi connectivity index (χ3v) is 4.41. The average Bonchev–Trinajstić information content (AvgIpc) is 2.47. The molecular weight excluding hydrogens is 286 g/mol. The van der Waals surface area contributed by atoms with Crippen LogP contribution in [0.4, 0.5) is 0 Å². The smallest absolute Gasteiger partial charge is 0.234 e. The Morgan fingerprint density at radius 2 is 1.90 bits per heavy atom. The Hall–Kier alpha value is -1.10. The summed E-state index contributed by atoms with van der Waals surface area (Å²) in [5.41, 5.74) is 6.97. The lowest BCUT2D eigenvalue weighted by atomic mass is 9.91. The lowest BCUT2D eigenvalue weighted by Crippen LogP contribution is -2.43. The molecule has 0 atom stereocenters. The molecule has 0 unspecified atom stereocenters. The molecule has 1 aliphatic carbocycles. The van der Waals surface area contributed by atoms with E-state index in [1.165, 1.54) is 0 Å². The molecule has 0 aromatic heterocycles. The molecule has 0 bridgehead atoms. The number of nitrogens with two attached hydrogens (primary N) is 1. The van der Waals surface area contributed by atoms with Crippen LogP contribution < -0.4 is 11.1 Å². The van der Waals surface area contributed by atoms with Crippen molar-refractivity contribution < 1.29 is 4.79 Å². The molecule has 1 aromatic carbocycles. The van der Waals surface area contributed by atoms with Crippen LogP contribution in [0.1, 0.15) is 31.2 Å². The van der Waals surface area contributed by atoms with Crippen molar-refractivity contribution in [2.75, 3.05) is 13.6 Å². The monoisotopic (exact) mass is 309 g/mol. The maximum absolute atomic E-state index is 12.0. The Labute approximate surface area is 131 Å². The molecule has 3 N–H and O–H groups in total. The highest BCUT2D eigenvalue weighted by Gasteiger charge is 2.22. The predicted octanol–water partition coefficient (Wildman–Crippen LogP) is 2.16. The fourth-order valence-corrected chi connectivity index (χ4v) is 2.88. The van der Waals surface area contributed by atoms with Crippen LogP contribution in [0.2, 0.25) is 5.02 Å². The minimum Gasteiger partial charge on any atom is -0.351 e. The van der Waals surface area contributed by atoms with Crippen LogP contribution in [0.25, 0.3) is 0 Å². The van der Waals surface area contributed by atoms with Gasteiger partial charge in [-0.15, -0.1) is 0 Å². The van der Waals surface area contributed by atoms with Crippen LogP contribution >= 0.6 is 11.6 Å². The maximum atomic E-state index is 12.0. The van der Waals surface area contributed by atoms with Gasteiger partial charge in [-0.2, -0.15) is 0 Å². The van der Waals surface area contributed by atoms with Crippen molar-refractivity contribution in [3.05, 3.63) is 34.9 Å². The Morgan fingerprint density at radius 1 is 1.29 bits per heavy atom. The standard InChI is InChI=1S/C16H24ClN3O/c1-20(15-8-6-14(18)7-9-15)11-16(21)19-10-12-2-4-13(17)5-3-12/h2-5,14-15H,6-11,18H2,1H3,(H,19,21). The number of rotatable bonds is 5. The number of amides is 1. The topological polar surface area (TPSA) is 58.4 Å². The van der Waals surface area contributed by atoms with Crippen LogP contribution in [0.5, 0.6) is 0 Å². The van der Waals surface area contributed by atoms with E-state index >= 15 is 0 Å². The van der Waals surface area contributed by atoms with E-state index in [1.807, 2.05) is 31.3 Å². The van der Waals surface area contributed by atoms with Gasteiger partial charge < -0.3 is 11.1 Å². The van der Waals surface area contributed by atoms with Crippen molar-refractivity contribution in [1.29, 1.82) is 0 Å². The molecule has 0 saturated heterocycles. The number of carbonyl (C=O) groups excluding carboxylic acids is 1. The number of benzene rings is 1. The SMILES string of the molecule is CN(CC(=O)NCc1ccc(Cl)cc1)C1CCC(N)CC1. The number of hydrogen-bond donors (Lipinski definition) is 2. The van der Waals surface area contributed by atoms with Gasteiger partial charge in [0.25, 0.3) is 0 Å². The summed E-state index contributed by atoms with van der Waals surface area (Å²) in [6, 6.07) is 8.34. The molecule has 0 heterocycles. The zero-order valence-electron chi connectivity index (χ0n) is 12.5. The van der Waals surface area contributed by atoms with Gasteiger partial charge in [0.2, 0.25) is 5.91 Å². The average molecular weight is 310 g/mol. The minimum atomic E-state index is 0.0577. The van der Waals surface area contributed by atoms with Crippen molar-refractivity contribution in [2.24, 2.45) is 5.73 Å². The summed E-state index contributed by atoms with van der Waals surface area (Å²) in [6.45, 7) is 0.979. The normalized spacial score (nSPS) is 22.3. The van der Waals surface area contributed by atoms with Gasteiger partial charge in [-0.1, -0.05) is 23.7 Å². The van der Waals surface area contributed by atoms with Crippen LogP contribution in [0.3, 0.4) is 0 Å². The molecule has 1 aliphatic rings. The van der Waals surface area contributed by atoms with Crippen molar-refractivity contribution in [1.82, 2.24) is 10.2 Å². The second-order valence-corrected chi connectivity index (χ2v) is 6.32. The highest BCUT2D eigenvalue weighted by molar-refractivity contribution is 6.30. The molecule has 2 rings (SSSR count). The van der Waals surface area contributed by atoms with E-state index < -0.39 is 0 Å². The molecule has 0 aliphatic heterocycles. The zero-order chi connectivity index (χ0) is 15.2. The van der Waals surface area contributed by atoms with E-state index in [0.29, 0.717) is 30.2 Å². The van der Waals surface area contributed by atoms with E-state index in [1.54, 1.807) is 0 Å². The number of likely N-dealkylation sites (N-methyl/N-ethyl adjacent to an activating group) is 1. The van der Waals surface area contributed by atoms with Gasteiger partial charge in [-0.05, 0) is 50.4 Å². The van der Waals surface area contributed by atoms with Gasteiger partial charge in [0.15, 0.2) is 0 Å². The van der Waals surface area contributed by atoms with Gasteiger partial charge in [0.05, 0.1) is 6.54 Å². The number of hydrogen-bond acceptors (Lipinski definition) is 3. The van der Waals surface area contributed by atoms with E-state index in [9.17, 15) is 4.79 Å². The summed E-state index contributed by atoms with van der Waals surface area (Å²) in [4.78, 5) is 14.1. The first-order valence-electron chi connectivity index (χ1n) is 7.51. The predicted molar refractivity (Wildman–Crippen MR) is 86.2 cm³/mol. The summed E-state index contributed by atoms with van der Waals surface area (Å²) < 4.78 is 0. The molecule has 21 heavy (non-hydrogen) atoms. The number of nitrogens with one attached hydrogen (secondary N) is 1. The number of nitrogens with zero attached hydrogens (tertiary/aromatic N) is 1. The van der Waals surface area contributed by atoms with Gasteiger partial charge in [-0.25, -0.2) is 0 Å². The Bertz CT molecular complexity index is 455. The van der Waals surface area contributed by atoms with Crippen molar-refractivity contribution in [3.63, 3.8) is 0 Å². The summed E-state index contributed by atoms with van der Waals surface area (Å²) in [6.07, 6.45) is 4.28. The van der Waals surface area contributed by atoms with Crippen molar-refractivity contribution in [3.8, 4) is 0 Å². The van der Waals surface area contributed by atoms with Crippen LogP contribution in [-0.2, 0) is 11.3 Å². The summed E-state index contributed by atoms with van der Waals surface area (Å²) in [7, 11) is 2.02. The first-order chi connectivity index (χ1) is 10.0. The Morgan fingerprint density at radius 3 is 2.52 bits per heavy atom. The van der Waals surface area contributed by atoms with Crippen molar-refractivity contribution >= 4 is 17.5 Å². The third kappa shape index (κ3) is 5.30. The first-order valence-corrected chi connectivity index (χ1v) is 7.89. The Kier molecular flexibility index (Phi) is 6.03. The summed E-state index contributed by atoms with van der Waals surface area (Å²) in [5.74, 6) is 0.0577. The summed E-state index contributed by atoms with van der Waals surface area (Å²) >= 11 is 5.84. The lowest BCUT2D eigenvalue weighted by Gasteiger charge is -2.33. The van der Waals surface area contributed by atoms with E-state index in [0.717, 1.165) is 31.2 Å². The Balaban J connectivity index is 1.72. The third-order valence-electron chi connectivity index (χ3n) is 4.16. The number of halogens is 1. The molecule has 116 valence electrons. The van der Waals surface area contributed by atoms with E-state index in [2.05, 4.69) is 10.2 Å². The molecule has 0 spiro atoms. The zero-order valence-corrected chi connectivity index (χ0v) is 13.3. The van der Waals surface area contributed by atoms with Gasteiger partial charge >= 0.3 is 0 Å². The largest absolute Gasteiger partial charge is 0.351 e. The number of carbonyl (C=O) groups is 1. The fourth-order valence-electron chi connectivity index (χ4n) is 2.76. The maximum Gasteiger partial charge on any atom is 0.234 e. The molecule has 1 fully saturated rings. The fraction of sp³-hybridized carbons (Fsp3) is 0.562. The summed E-state index contributed by atoms with van der Waals surface area (Å²) in [5, 5.41) is 3.66. The minimum absolute atomic E-state index is 0.0577. The van der Waals surface area contributed by atoms with Crippen LogP contribution in [0.15, 0.2) is 24.3 Å². The highest BCUT2D eigenvalue weighted by Crippen LogP contribution is 2.20. The lowest BCUT2D eigenvalue weighted by molar-refractivity contribution is -0.122. The molecule has 1 amide bonds. The molecule has 1 saturated carbocycles. The quantitative estimate of drug-likeness (QED) is 0.876. The van der Waals surface area contributed by atoms with Crippen LogP contribution in [-0.4, -0.2) is 36.5 Å². The first kappa shape index (κ1) is 16.3. The van der Waals surface area contributed by atoms with Gasteiger partial charge in [-0.3, -0.25) is 9.69 Å². The molecule has 1 aromatic rings. The van der Waals surface area contributed by atoms with Gasteiger partial charge in [0.1, 0.15) is 0 Å². The van der Waals surface area contributed by atoms with E-state index in [4.69, 9.17) is 17.3 Å². The van der Waals surface area contributed by atoms with Crippen molar-refractivity contribution in [2.45, 2.75) is 44.3 Å². The molecule has 4 nitrogen and oxygen atoms in total. The highest BCUT2D eigenvalue weighted by atomic mass is 35.5. The van der Waals surface area contributed by atoms with Gasteiger partial charge in [0, 0.05) is 23.7 Å². The van der Waals surface area contributed by atoms with Crippen LogP contribution in [0, 0.1) is 0 Å². The molecule has 5 heteroatoms. The second-order valence-electron chi connectivity index (χ2n) is 5.89.